The first kappa shape index (κ1) is 19.5. The molecule has 0 atom stereocenters. The molecule has 1 heteroatoms. The van der Waals surface area contributed by atoms with Gasteiger partial charge >= 0.3 is 0 Å². The zero-order valence-electron chi connectivity index (χ0n) is 14.5. The highest BCUT2D eigenvalue weighted by Gasteiger charge is 2.26. The van der Waals surface area contributed by atoms with Crippen molar-refractivity contribution in [2.24, 2.45) is 0 Å². The van der Waals surface area contributed by atoms with Crippen LogP contribution < -0.4 is 0 Å². The Balaban J connectivity index is 4.38. The van der Waals surface area contributed by atoms with E-state index in [0.29, 0.717) is 0 Å². The molecule has 0 aromatic carbocycles. The Labute approximate surface area is 126 Å². The van der Waals surface area contributed by atoms with Gasteiger partial charge in [-0.1, -0.05) is 91.9 Å². The van der Waals surface area contributed by atoms with E-state index in [0.717, 1.165) is 0 Å². The van der Waals surface area contributed by atoms with Crippen LogP contribution in [0.25, 0.3) is 0 Å². The Morgan fingerprint density at radius 3 is 1.16 bits per heavy atom. The van der Waals surface area contributed by atoms with Crippen LogP contribution in [0.2, 0.25) is 21.1 Å². The lowest BCUT2D eigenvalue weighted by Crippen LogP contribution is -2.33. The molecule has 0 heterocycles. The van der Waals surface area contributed by atoms with E-state index in [2.05, 4.69) is 27.7 Å². The van der Waals surface area contributed by atoms with Gasteiger partial charge in [-0.05, 0) is 0 Å². The third-order valence-corrected chi connectivity index (χ3v) is 11.7. The van der Waals surface area contributed by atoms with Crippen LogP contribution in [0.1, 0.15) is 91.9 Å². The molecule has 0 saturated carbocycles. The predicted molar refractivity (Wildman–Crippen MR) is 93.8 cm³/mol. The van der Waals surface area contributed by atoms with Gasteiger partial charge in [-0.25, -0.2) is 0 Å². The van der Waals surface area contributed by atoms with Crippen molar-refractivity contribution in [3.8, 4) is 0 Å². The van der Waals surface area contributed by atoms with Gasteiger partial charge in [0.1, 0.15) is 13.1 Å². The summed E-state index contributed by atoms with van der Waals surface area (Å²) in [5.41, 5.74) is 0. The summed E-state index contributed by atoms with van der Waals surface area (Å²) in [4.78, 5) is 0. The SMILES string of the molecule is CCCCC[CH2][Al-]([CH2]CCC)([CH2]CCC)[CH2]CCC. The molecule has 0 bridgehead atoms. The van der Waals surface area contributed by atoms with E-state index in [4.69, 9.17) is 0 Å². The van der Waals surface area contributed by atoms with Crippen molar-refractivity contribution in [2.75, 3.05) is 0 Å². The maximum atomic E-state index is 2.38. The summed E-state index contributed by atoms with van der Waals surface area (Å²) >= 11 is -1.23. The van der Waals surface area contributed by atoms with E-state index in [9.17, 15) is 0 Å². The summed E-state index contributed by atoms with van der Waals surface area (Å²) in [7, 11) is 0. The molecule has 116 valence electrons. The van der Waals surface area contributed by atoms with Crippen LogP contribution >= 0.6 is 0 Å². The van der Waals surface area contributed by atoms with Crippen molar-refractivity contribution in [2.45, 2.75) is 113 Å². The molecule has 0 N–H and O–H groups in total. The van der Waals surface area contributed by atoms with Crippen LogP contribution in [-0.2, 0) is 0 Å². The lowest BCUT2D eigenvalue weighted by molar-refractivity contribution is 0.684. The van der Waals surface area contributed by atoms with Crippen molar-refractivity contribution in [3.63, 3.8) is 0 Å². The molecule has 0 nitrogen and oxygen atoms in total. The fourth-order valence-electron chi connectivity index (χ4n) is 3.78. The molecule has 0 radical (unpaired) electrons. The Hall–Kier alpha value is 0.532. The van der Waals surface area contributed by atoms with Gasteiger partial charge < -0.3 is 0 Å². The predicted octanol–water partition coefficient (Wildman–Crippen LogP) is 7.42. The molecule has 0 spiro atoms. The zero-order valence-corrected chi connectivity index (χ0v) is 15.6. The van der Waals surface area contributed by atoms with Crippen molar-refractivity contribution in [3.05, 3.63) is 0 Å². The molecular formula is C18H40Al-. The number of hydrogen-bond donors (Lipinski definition) is 0. The maximum Gasteiger partial charge on any atom is 0.134 e. The second-order valence-corrected chi connectivity index (χ2v) is 12.8. The van der Waals surface area contributed by atoms with Gasteiger partial charge in [-0.15, -0.1) is 0 Å². The van der Waals surface area contributed by atoms with Crippen molar-refractivity contribution >= 4 is 13.1 Å². The number of hydrogen-bond acceptors (Lipinski definition) is 0. The summed E-state index contributed by atoms with van der Waals surface area (Å²) in [6.45, 7) is 9.46. The molecule has 0 unspecified atom stereocenters. The van der Waals surface area contributed by atoms with Crippen LogP contribution in [0.5, 0.6) is 0 Å². The fourth-order valence-corrected chi connectivity index (χ4v) is 10.5. The largest absolute Gasteiger partial charge is 0.191 e. The van der Waals surface area contributed by atoms with E-state index < -0.39 is 13.1 Å². The molecule has 0 aliphatic carbocycles. The highest BCUT2D eigenvalue weighted by Crippen LogP contribution is 2.33. The normalized spacial score (nSPS) is 12.0. The van der Waals surface area contributed by atoms with Crippen molar-refractivity contribution in [1.82, 2.24) is 0 Å². The maximum absolute atomic E-state index is 2.38. The fraction of sp³-hybridized carbons (Fsp3) is 1.00. The molecule has 0 aromatic heterocycles. The van der Waals surface area contributed by atoms with Crippen LogP contribution in [0, 0.1) is 0 Å². The van der Waals surface area contributed by atoms with E-state index in [1.807, 2.05) is 0 Å². The lowest BCUT2D eigenvalue weighted by atomic mass is 10.2. The second kappa shape index (κ2) is 13.5. The van der Waals surface area contributed by atoms with Gasteiger partial charge in [0, 0.05) is 0 Å². The minimum Gasteiger partial charge on any atom is -0.191 e. The molecular weight excluding hydrogens is 243 g/mol. The van der Waals surface area contributed by atoms with Crippen LogP contribution in [0.15, 0.2) is 0 Å². The Morgan fingerprint density at radius 1 is 0.421 bits per heavy atom. The molecule has 19 heavy (non-hydrogen) atoms. The number of unbranched alkanes of at least 4 members (excludes halogenated alkanes) is 6. The quantitative estimate of drug-likeness (QED) is 0.230. The summed E-state index contributed by atoms with van der Waals surface area (Å²) in [6, 6.07) is 0. The van der Waals surface area contributed by atoms with Crippen LogP contribution in [-0.4, -0.2) is 13.1 Å². The van der Waals surface area contributed by atoms with Crippen molar-refractivity contribution in [1.29, 1.82) is 0 Å². The van der Waals surface area contributed by atoms with Gasteiger partial charge in [0.05, 0.1) is 0 Å². The molecule has 0 aliphatic rings. The van der Waals surface area contributed by atoms with E-state index >= 15 is 0 Å². The van der Waals surface area contributed by atoms with Crippen molar-refractivity contribution < 1.29 is 0 Å². The van der Waals surface area contributed by atoms with Gasteiger partial charge in [0.2, 0.25) is 0 Å². The molecule has 0 rings (SSSR count). The topological polar surface area (TPSA) is 0 Å². The lowest BCUT2D eigenvalue weighted by Gasteiger charge is -2.37. The molecule has 0 saturated heterocycles. The third kappa shape index (κ3) is 9.98. The van der Waals surface area contributed by atoms with E-state index in [1.54, 1.807) is 27.6 Å². The Morgan fingerprint density at radius 2 is 0.789 bits per heavy atom. The Bertz CT molecular complexity index is 155. The monoisotopic (exact) mass is 283 g/mol. The van der Waals surface area contributed by atoms with Gasteiger partial charge in [-0.2, -0.15) is 21.1 Å². The molecule has 0 aromatic rings. The summed E-state index contributed by atoms with van der Waals surface area (Å²) < 4.78 is 0. The van der Waals surface area contributed by atoms with Gasteiger partial charge in [-0.3, -0.25) is 0 Å². The van der Waals surface area contributed by atoms with Gasteiger partial charge in [0.15, 0.2) is 0 Å². The second-order valence-electron chi connectivity index (χ2n) is 7.01. The Kier molecular flexibility index (Phi) is 13.9. The molecule has 0 amide bonds. The molecule has 0 fully saturated rings. The molecule has 0 aliphatic heterocycles. The highest BCUT2D eigenvalue weighted by atomic mass is 27.2. The average Bonchev–Trinajstić information content (AvgIpc) is 2.44. The first-order valence-corrected chi connectivity index (χ1v) is 12.7. The van der Waals surface area contributed by atoms with E-state index in [1.165, 1.54) is 57.8 Å². The summed E-state index contributed by atoms with van der Waals surface area (Å²) in [5.74, 6) is 0. The summed E-state index contributed by atoms with van der Waals surface area (Å²) in [6.07, 6.45) is 14.7. The third-order valence-electron chi connectivity index (χ3n) is 5.18. The standard InChI is InChI=1S/C6H13.3C4H9.Al/c1-3-5-6-4-2;3*1-3-4-2;/h1,3-6H2,2H3;3*1,3-4H2,2H3;/q;;;;-1. The van der Waals surface area contributed by atoms with Crippen LogP contribution in [0.4, 0.5) is 0 Å². The smallest absolute Gasteiger partial charge is 0.134 e. The van der Waals surface area contributed by atoms with Gasteiger partial charge in [0.25, 0.3) is 0 Å². The highest BCUT2D eigenvalue weighted by molar-refractivity contribution is 6.79. The zero-order chi connectivity index (χ0) is 14.4. The summed E-state index contributed by atoms with van der Waals surface area (Å²) in [5, 5.41) is 6.66. The first-order valence-electron chi connectivity index (χ1n) is 9.46. The number of rotatable bonds is 14. The average molecular weight is 283 g/mol. The van der Waals surface area contributed by atoms with E-state index in [-0.39, 0.29) is 0 Å². The first-order chi connectivity index (χ1) is 9.24. The minimum atomic E-state index is -1.23. The minimum absolute atomic E-state index is 1.23. The van der Waals surface area contributed by atoms with Crippen LogP contribution in [0.3, 0.4) is 0 Å².